The molecule has 114 valence electrons. The fourth-order valence-corrected chi connectivity index (χ4v) is 2.85. The maximum atomic E-state index is 12.6. The summed E-state index contributed by atoms with van der Waals surface area (Å²) >= 11 is 3.35. The van der Waals surface area contributed by atoms with Gasteiger partial charge in [0.1, 0.15) is 6.04 Å². The molecule has 5 nitrogen and oxygen atoms in total. The minimum Gasteiger partial charge on any atom is -0.480 e. The average Bonchev–Trinajstić information content (AvgIpc) is 2.91. The van der Waals surface area contributed by atoms with E-state index in [2.05, 4.69) is 15.9 Å². The molecule has 2 rings (SSSR count). The second kappa shape index (κ2) is 6.58. The van der Waals surface area contributed by atoms with Gasteiger partial charge in [0.2, 0.25) is 5.91 Å². The third-order valence-corrected chi connectivity index (χ3v) is 4.43. The molecule has 21 heavy (non-hydrogen) atoms. The number of rotatable bonds is 4. The lowest BCUT2D eigenvalue weighted by molar-refractivity contribution is -0.148. The van der Waals surface area contributed by atoms with E-state index in [1.165, 1.54) is 12.0 Å². The fourth-order valence-electron chi connectivity index (χ4n) is 2.59. The van der Waals surface area contributed by atoms with Crippen molar-refractivity contribution in [2.75, 3.05) is 13.7 Å². The molecule has 1 aliphatic rings. The highest BCUT2D eigenvalue weighted by molar-refractivity contribution is 9.10. The van der Waals surface area contributed by atoms with E-state index in [-0.39, 0.29) is 17.9 Å². The number of benzene rings is 1. The topological polar surface area (TPSA) is 66.8 Å². The minimum absolute atomic E-state index is 0.177. The molecule has 1 N–H and O–H groups in total. The first-order chi connectivity index (χ1) is 9.93. The highest BCUT2D eigenvalue weighted by Crippen LogP contribution is 2.27. The van der Waals surface area contributed by atoms with Crippen LogP contribution in [0.25, 0.3) is 0 Å². The van der Waals surface area contributed by atoms with Gasteiger partial charge in [-0.15, -0.1) is 0 Å². The van der Waals surface area contributed by atoms with Crippen LogP contribution in [0.3, 0.4) is 0 Å². The first-order valence-electron chi connectivity index (χ1n) is 6.75. The SMILES string of the molecule is COC1CC(C(=O)O)N(C(=O)C(C)c2ccc(Br)cc2)C1. The lowest BCUT2D eigenvalue weighted by Gasteiger charge is -2.25. The molecule has 0 saturated carbocycles. The Bertz CT molecular complexity index is 531. The fraction of sp³-hybridized carbons (Fsp3) is 0.467. The summed E-state index contributed by atoms with van der Waals surface area (Å²) in [5, 5.41) is 9.28. The molecule has 1 aromatic rings. The van der Waals surface area contributed by atoms with Crippen LogP contribution in [0.15, 0.2) is 28.7 Å². The minimum atomic E-state index is -0.981. The molecule has 0 aliphatic carbocycles. The maximum absolute atomic E-state index is 12.6. The number of carbonyl (C=O) groups excluding carboxylic acids is 1. The molecule has 1 aromatic carbocycles. The second-order valence-electron chi connectivity index (χ2n) is 5.21. The molecule has 3 atom stereocenters. The van der Waals surface area contributed by atoms with Gasteiger partial charge in [-0.3, -0.25) is 4.79 Å². The van der Waals surface area contributed by atoms with Crippen LogP contribution < -0.4 is 0 Å². The number of carboxylic acid groups (broad SMARTS) is 1. The largest absolute Gasteiger partial charge is 0.480 e. The molecule has 1 saturated heterocycles. The molecule has 1 amide bonds. The van der Waals surface area contributed by atoms with Crippen molar-refractivity contribution in [1.82, 2.24) is 4.90 Å². The highest BCUT2D eigenvalue weighted by atomic mass is 79.9. The summed E-state index contributed by atoms with van der Waals surface area (Å²) in [6.07, 6.45) is 0.122. The zero-order chi connectivity index (χ0) is 15.6. The normalized spacial score (nSPS) is 23.1. The van der Waals surface area contributed by atoms with Crippen LogP contribution in [0.1, 0.15) is 24.8 Å². The Hall–Kier alpha value is -1.40. The van der Waals surface area contributed by atoms with E-state index in [9.17, 15) is 14.7 Å². The van der Waals surface area contributed by atoms with Gasteiger partial charge in [-0.05, 0) is 24.6 Å². The highest BCUT2D eigenvalue weighted by Gasteiger charge is 2.41. The van der Waals surface area contributed by atoms with Gasteiger partial charge in [0.25, 0.3) is 0 Å². The van der Waals surface area contributed by atoms with Gasteiger partial charge in [-0.25, -0.2) is 4.79 Å². The Balaban J connectivity index is 2.17. The van der Waals surface area contributed by atoms with Gasteiger partial charge in [0.15, 0.2) is 0 Å². The van der Waals surface area contributed by atoms with Crippen LogP contribution >= 0.6 is 15.9 Å². The van der Waals surface area contributed by atoms with Crippen LogP contribution in [0, 0.1) is 0 Å². The quantitative estimate of drug-likeness (QED) is 0.899. The smallest absolute Gasteiger partial charge is 0.326 e. The molecular weight excluding hydrogens is 338 g/mol. The zero-order valence-corrected chi connectivity index (χ0v) is 13.5. The summed E-state index contributed by atoms with van der Waals surface area (Å²) in [7, 11) is 1.54. The van der Waals surface area contributed by atoms with E-state index in [0.717, 1.165) is 10.0 Å². The van der Waals surface area contributed by atoms with Crippen molar-refractivity contribution in [2.45, 2.75) is 31.4 Å². The average molecular weight is 356 g/mol. The molecule has 6 heteroatoms. The molecule has 0 bridgehead atoms. The Morgan fingerprint density at radius 2 is 2.00 bits per heavy atom. The van der Waals surface area contributed by atoms with Crippen LogP contribution in [-0.4, -0.2) is 47.7 Å². The van der Waals surface area contributed by atoms with E-state index < -0.39 is 12.0 Å². The number of carbonyl (C=O) groups is 2. The van der Waals surface area contributed by atoms with Crippen LogP contribution in [0.5, 0.6) is 0 Å². The number of carboxylic acids is 1. The van der Waals surface area contributed by atoms with E-state index in [1.54, 1.807) is 6.92 Å². The maximum Gasteiger partial charge on any atom is 0.326 e. The van der Waals surface area contributed by atoms with Crippen molar-refractivity contribution in [1.29, 1.82) is 0 Å². The van der Waals surface area contributed by atoms with Crippen molar-refractivity contribution in [3.05, 3.63) is 34.3 Å². The number of hydrogen-bond acceptors (Lipinski definition) is 3. The zero-order valence-electron chi connectivity index (χ0n) is 12.0. The monoisotopic (exact) mass is 355 g/mol. The Kier molecular flexibility index (Phi) is 5.00. The lowest BCUT2D eigenvalue weighted by atomic mass is 9.99. The number of amides is 1. The van der Waals surface area contributed by atoms with Crippen molar-refractivity contribution in [3.8, 4) is 0 Å². The first kappa shape index (κ1) is 16.0. The van der Waals surface area contributed by atoms with E-state index in [1.807, 2.05) is 24.3 Å². The van der Waals surface area contributed by atoms with Gasteiger partial charge in [0.05, 0.1) is 12.0 Å². The third kappa shape index (κ3) is 3.44. The molecule has 1 aliphatic heterocycles. The van der Waals surface area contributed by atoms with Crippen LogP contribution in [-0.2, 0) is 14.3 Å². The molecule has 3 unspecified atom stereocenters. The van der Waals surface area contributed by atoms with Gasteiger partial charge in [-0.2, -0.15) is 0 Å². The van der Waals surface area contributed by atoms with Crippen LogP contribution in [0.2, 0.25) is 0 Å². The standard InChI is InChI=1S/C15H18BrNO4/c1-9(10-3-5-11(16)6-4-10)14(18)17-8-12(21-2)7-13(17)15(19)20/h3-6,9,12-13H,7-8H2,1-2H3,(H,19,20). The number of methoxy groups -OCH3 is 1. The number of likely N-dealkylation sites (tertiary alicyclic amines) is 1. The molecular formula is C15H18BrNO4. The summed E-state index contributed by atoms with van der Waals surface area (Å²) < 4.78 is 6.15. The number of ether oxygens (including phenoxy) is 1. The summed E-state index contributed by atoms with van der Waals surface area (Å²) in [5.74, 6) is -1.54. The predicted molar refractivity (Wildman–Crippen MR) is 81.1 cm³/mol. The second-order valence-corrected chi connectivity index (χ2v) is 6.13. The summed E-state index contributed by atoms with van der Waals surface area (Å²) in [4.78, 5) is 25.3. The van der Waals surface area contributed by atoms with Crippen molar-refractivity contribution in [3.63, 3.8) is 0 Å². The summed E-state index contributed by atoms with van der Waals surface area (Å²) in [6, 6.07) is 6.67. The first-order valence-corrected chi connectivity index (χ1v) is 7.55. The number of aliphatic carboxylic acids is 1. The number of hydrogen-bond donors (Lipinski definition) is 1. The van der Waals surface area contributed by atoms with Gasteiger partial charge in [0, 0.05) is 24.5 Å². The van der Waals surface area contributed by atoms with E-state index >= 15 is 0 Å². The number of halogens is 1. The molecule has 0 aromatic heterocycles. The van der Waals surface area contributed by atoms with Crippen molar-refractivity contribution in [2.24, 2.45) is 0 Å². The predicted octanol–water partition coefficient (Wildman–Crippen LogP) is 2.25. The molecule has 0 spiro atoms. The van der Waals surface area contributed by atoms with Crippen molar-refractivity contribution < 1.29 is 19.4 Å². The van der Waals surface area contributed by atoms with E-state index in [4.69, 9.17) is 4.74 Å². The summed E-state index contributed by atoms with van der Waals surface area (Å²) in [6.45, 7) is 2.12. The van der Waals surface area contributed by atoms with E-state index in [0.29, 0.717) is 13.0 Å². The van der Waals surface area contributed by atoms with Crippen molar-refractivity contribution >= 4 is 27.8 Å². The number of nitrogens with zero attached hydrogens (tertiary/aromatic N) is 1. The Labute approximate surface area is 132 Å². The molecule has 1 heterocycles. The van der Waals surface area contributed by atoms with Gasteiger partial charge < -0.3 is 14.7 Å². The lowest BCUT2D eigenvalue weighted by Crippen LogP contribution is -2.42. The Morgan fingerprint density at radius 3 is 2.52 bits per heavy atom. The van der Waals surface area contributed by atoms with Crippen LogP contribution in [0.4, 0.5) is 0 Å². The Morgan fingerprint density at radius 1 is 1.38 bits per heavy atom. The molecule has 1 fully saturated rings. The summed E-state index contributed by atoms with van der Waals surface area (Å²) in [5.41, 5.74) is 0.869. The molecule has 0 radical (unpaired) electrons. The van der Waals surface area contributed by atoms with Gasteiger partial charge in [-0.1, -0.05) is 28.1 Å². The van der Waals surface area contributed by atoms with Gasteiger partial charge >= 0.3 is 5.97 Å². The third-order valence-electron chi connectivity index (χ3n) is 3.90.